The number of nitrogens with zero attached hydrogens (tertiary/aromatic N) is 1. The van der Waals surface area contributed by atoms with Crippen LogP contribution in [0.1, 0.15) is 31.8 Å². The van der Waals surface area contributed by atoms with Gasteiger partial charge in [0.05, 0.1) is 21.3 Å². The van der Waals surface area contributed by atoms with Crippen molar-refractivity contribution in [3.8, 4) is 0 Å². The van der Waals surface area contributed by atoms with Gasteiger partial charge in [-0.15, -0.1) is 0 Å². The van der Waals surface area contributed by atoms with Gasteiger partial charge in [0.1, 0.15) is 5.82 Å². The minimum absolute atomic E-state index is 0.277. The third-order valence-corrected chi connectivity index (χ3v) is 4.13. The monoisotopic (exact) mass is 347 g/mol. The first-order valence-corrected chi connectivity index (χ1v) is 7.14. The topological polar surface area (TPSA) is 37.4 Å². The van der Waals surface area contributed by atoms with Crippen LogP contribution in [0.5, 0.6) is 0 Å². The number of benzene rings is 2. The summed E-state index contributed by atoms with van der Waals surface area (Å²) in [6.45, 7) is 3.58. The molecule has 0 saturated heterocycles. The molecule has 5 heteroatoms. The highest BCUT2D eigenvalue weighted by atomic mass is 79.9. The smallest absolute Gasteiger partial charge is 0.266 e. The maximum Gasteiger partial charge on any atom is 0.266 e. The molecule has 1 heterocycles. The summed E-state index contributed by atoms with van der Waals surface area (Å²) >= 11 is 3.09. The number of fused-ring (bicyclic) bond motifs is 1. The molecule has 1 aliphatic rings. The highest BCUT2D eigenvalue weighted by Gasteiger charge is 2.37. The van der Waals surface area contributed by atoms with E-state index in [-0.39, 0.29) is 5.69 Å². The number of imide groups is 1. The summed E-state index contributed by atoms with van der Waals surface area (Å²) in [5, 5.41) is 0. The Kier molecular flexibility index (Phi) is 3.17. The van der Waals surface area contributed by atoms with Gasteiger partial charge in [0.25, 0.3) is 11.8 Å². The van der Waals surface area contributed by atoms with Crippen LogP contribution in [0.15, 0.2) is 34.8 Å². The Bertz CT molecular complexity index is 801. The van der Waals surface area contributed by atoms with Crippen molar-refractivity contribution in [3.63, 3.8) is 0 Å². The van der Waals surface area contributed by atoms with E-state index in [0.717, 1.165) is 10.5 Å². The van der Waals surface area contributed by atoms with Gasteiger partial charge < -0.3 is 0 Å². The van der Waals surface area contributed by atoms with Gasteiger partial charge in [-0.05, 0) is 59.6 Å². The zero-order valence-corrected chi connectivity index (χ0v) is 13.0. The van der Waals surface area contributed by atoms with Crippen LogP contribution in [0.4, 0.5) is 10.1 Å². The summed E-state index contributed by atoms with van der Waals surface area (Å²) in [6.07, 6.45) is 0. The van der Waals surface area contributed by atoms with Crippen molar-refractivity contribution in [2.24, 2.45) is 0 Å². The Morgan fingerprint density at radius 1 is 1.00 bits per heavy atom. The number of rotatable bonds is 1. The van der Waals surface area contributed by atoms with Gasteiger partial charge in [-0.2, -0.15) is 0 Å². The lowest BCUT2D eigenvalue weighted by atomic mass is 10.1. The molecule has 0 aromatic heterocycles. The van der Waals surface area contributed by atoms with E-state index in [4.69, 9.17) is 0 Å². The van der Waals surface area contributed by atoms with Crippen LogP contribution < -0.4 is 4.90 Å². The minimum atomic E-state index is -0.511. The fraction of sp³-hybridized carbons (Fsp3) is 0.125. The predicted molar refractivity (Wildman–Crippen MR) is 81.2 cm³/mol. The Balaban J connectivity index is 2.16. The quantitative estimate of drug-likeness (QED) is 0.731. The van der Waals surface area contributed by atoms with E-state index in [1.165, 1.54) is 6.07 Å². The molecule has 0 spiro atoms. The summed E-state index contributed by atoms with van der Waals surface area (Å²) < 4.78 is 14.1. The first-order valence-electron chi connectivity index (χ1n) is 6.35. The lowest BCUT2D eigenvalue weighted by Crippen LogP contribution is -2.30. The highest BCUT2D eigenvalue weighted by molar-refractivity contribution is 9.10. The van der Waals surface area contributed by atoms with Gasteiger partial charge in [-0.1, -0.05) is 11.6 Å². The van der Waals surface area contributed by atoms with Crippen LogP contribution in [-0.4, -0.2) is 11.8 Å². The van der Waals surface area contributed by atoms with E-state index in [2.05, 4.69) is 15.9 Å². The van der Waals surface area contributed by atoms with Crippen LogP contribution >= 0.6 is 15.9 Å². The molecule has 2 amide bonds. The normalized spacial score (nSPS) is 13.8. The van der Waals surface area contributed by atoms with Gasteiger partial charge in [0, 0.05) is 0 Å². The standard InChI is InChI=1S/C16H11BrFNO2/c1-8-3-4-10-11(5-8)16(21)19(15(10)20)14-7-13(18)12(17)6-9(14)2/h3-7H,1-2H3. The van der Waals surface area contributed by atoms with E-state index in [9.17, 15) is 14.0 Å². The van der Waals surface area contributed by atoms with Crippen molar-refractivity contribution in [2.75, 3.05) is 4.90 Å². The summed E-state index contributed by atoms with van der Waals surface area (Å²) in [5.74, 6) is -1.34. The number of hydrogen-bond acceptors (Lipinski definition) is 2. The summed E-state index contributed by atoms with van der Waals surface area (Å²) in [5.41, 5.74) is 2.54. The molecule has 0 unspecified atom stereocenters. The first-order chi connectivity index (χ1) is 9.90. The second kappa shape index (κ2) is 4.77. The van der Waals surface area contributed by atoms with Crippen molar-refractivity contribution in [2.45, 2.75) is 13.8 Å². The average molecular weight is 348 g/mol. The van der Waals surface area contributed by atoms with E-state index in [0.29, 0.717) is 21.2 Å². The molecule has 0 atom stereocenters. The highest BCUT2D eigenvalue weighted by Crippen LogP contribution is 2.33. The molecule has 0 saturated carbocycles. The molecular formula is C16H11BrFNO2. The number of amides is 2. The molecule has 0 radical (unpaired) electrons. The minimum Gasteiger partial charge on any atom is -0.268 e. The molecule has 21 heavy (non-hydrogen) atoms. The Morgan fingerprint density at radius 3 is 2.38 bits per heavy atom. The SMILES string of the molecule is Cc1ccc2c(c1)C(=O)N(c1cc(F)c(Br)cc1C)C2=O. The molecule has 0 bridgehead atoms. The lowest BCUT2D eigenvalue weighted by molar-refractivity contribution is 0.0926. The van der Waals surface area contributed by atoms with Crippen LogP contribution in [0.2, 0.25) is 0 Å². The molecule has 0 fully saturated rings. The number of hydrogen-bond donors (Lipinski definition) is 0. The number of halogens is 2. The molecule has 0 aliphatic carbocycles. The third-order valence-electron chi connectivity index (χ3n) is 3.52. The zero-order chi connectivity index (χ0) is 15.3. The maximum absolute atomic E-state index is 13.8. The molecule has 3 nitrogen and oxygen atoms in total. The van der Waals surface area contributed by atoms with E-state index in [1.54, 1.807) is 31.2 Å². The molecule has 2 aromatic rings. The molecule has 1 aliphatic heterocycles. The second-order valence-electron chi connectivity index (χ2n) is 5.05. The molecule has 3 rings (SSSR count). The number of carbonyl (C=O) groups excluding carboxylic acids is 2. The molecule has 2 aromatic carbocycles. The fourth-order valence-electron chi connectivity index (χ4n) is 2.45. The largest absolute Gasteiger partial charge is 0.268 e. The summed E-state index contributed by atoms with van der Waals surface area (Å²) in [7, 11) is 0. The first kappa shape index (κ1) is 13.9. The zero-order valence-electron chi connectivity index (χ0n) is 11.4. The lowest BCUT2D eigenvalue weighted by Gasteiger charge is -2.17. The van der Waals surface area contributed by atoms with Crippen molar-refractivity contribution < 1.29 is 14.0 Å². The molecule has 0 N–H and O–H groups in total. The Morgan fingerprint density at radius 2 is 1.67 bits per heavy atom. The average Bonchev–Trinajstić information content (AvgIpc) is 2.66. The molecule has 106 valence electrons. The van der Waals surface area contributed by atoms with Crippen LogP contribution in [0.3, 0.4) is 0 Å². The van der Waals surface area contributed by atoms with Crippen LogP contribution in [-0.2, 0) is 0 Å². The van der Waals surface area contributed by atoms with Gasteiger partial charge in [-0.3, -0.25) is 9.59 Å². The van der Waals surface area contributed by atoms with Gasteiger partial charge in [0.2, 0.25) is 0 Å². The van der Waals surface area contributed by atoms with Crippen LogP contribution in [0, 0.1) is 19.7 Å². The predicted octanol–water partition coefficient (Wildman–Crippen LogP) is 4.01. The number of carbonyl (C=O) groups is 2. The fourth-order valence-corrected chi connectivity index (χ4v) is 2.91. The van der Waals surface area contributed by atoms with Crippen molar-refractivity contribution in [1.29, 1.82) is 0 Å². The Hall–Kier alpha value is -2.01. The summed E-state index contributed by atoms with van der Waals surface area (Å²) in [6, 6.07) is 7.85. The van der Waals surface area contributed by atoms with Crippen molar-refractivity contribution >= 4 is 33.4 Å². The molecular weight excluding hydrogens is 337 g/mol. The van der Waals surface area contributed by atoms with E-state index < -0.39 is 17.6 Å². The van der Waals surface area contributed by atoms with Crippen molar-refractivity contribution in [1.82, 2.24) is 0 Å². The number of aryl methyl sites for hydroxylation is 2. The van der Waals surface area contributed by atoms with E-state index >= 15 is 0 Å². The third kappa shape index (κ3) is 2.08. The van der Waals surface area contributed by atoms with E-state index in [1.807, 2.05) is 6.92 Å². The summed E-state index contributed by atoms with van der Waals surface area (Å²) in [4.78, 5) is 26.0. The van der Waals surface area contributed by atoms with Gasteiger partial charge in [-0.25, -0.2) is 9.29 Å². The van der Waals surface area contributed by atoms with Gasteiger partial charge in [0.15, 0.2) is 0 Å². The Labute approximate surface area is 129 Å². The second-order valence-corrected chi connectivity index (χ2v) is 5.90. The maximum atomic E-state index is 13.8. The van der Waals surface area contributed by atoms with Crippen molar-refractivity contribution in [3.05, 3.63) is 62.9 Å². The number of anilines is 1. The van der Waals surface area contributed by atoms with Gasteiger partial charge >= 0.3 is 0 Å². The van der Waals surface area contributed by atoms with Crippen LogP contribution in [0.25, 0.3) is 0 Å².